The van der Waals surface area contributed by atoms with Gasteiger partial charge in [-0.15, -0.1) is 0 Å². The van der Waals surface area contributed by atoms with Gasteiger partial charge in [-0.3, -0.25) is 0 Å². The van der Waals surface area contributed by atoms with Gasteiger partial charge in [0.05, 0.1) is 22.3 Å². The van der Waals surface area contributed by atoms with E-state index in [-0.39, 0.29) is 33.4 Å². The molecule has 2 rings (SSSR count). The highest BCUT2D eigenvalue weighted by Gasteiger charge is 2.19. The van der Waals surface area contributed by atoms with Crippen LogP contribution in [0.1, 0.15) is 67.8 Å². The Labute approximate surface area is 166 Å². The van der Waals surface area contributed by atoms with Crippen molar-refractivity contribution >= 4 is 29.6 Å². The summed E-state index contributed by atoms with van der Waals surface area (Å²) in [6, 6.07) is 7.65. The van der Waals surface area contributed by atoms with Crippen molar-refractivity contribution in [2.75, 3.05) is 5.73 Å². The molecule has 0 unspecified atom stereocenters. The Morgan fingerprint density at radius 1 is 0.621 bits per heavy atom. The van der Waals surface area contributed by atoms with Crippen molar-refractivity contribution in [3.8, 4) is 0 Å². The van der Waals surface area contributed by atoms with Gasteiger partial charge in [-0.25, -0.2) is 19.2 Å². The van der Waals surface area contributed by atoms with Crippen molar-refractivity contribution in [3.63, 3.8) is 0 Å². The molecule has 0 amide bonds. The smallest absolute Gasteiger partial charge is 0.335 e. The monoisotopic (exact) mass is 403 g/mol. The number of nitrogens with two attached hydrogens (primary N) is 1. The highest BCUT2D eigenvalue weighted by Crippen LogP contribution is 2.24. The van der Waals surface area contributed by atoms with E-state index in [2.05, 4.69) is 0 Å². The first kappa shape index (κ1) is 23.2. The number of carbonyl (C=O) groups is 4. The minimum absolute atomic E-state index is 0.00447. The lowest BCUT2D eigenvalue weighted by atomic mass is 9.85. The second kappa shape index (κ2) is 8.87. The standard InChI is InChI=1S/C12H14O4.C8H7NO4/c1-12(2,3)9-5-7(10(13)14)4-8(6-9)11(15)16;9-6-2-4(7(10)11)1-5(3-6)8(12)13/h4-6H,1-3H3,(H,13,14)(H,15,16);1-3H,9H2,(H,10,11)(H,12,13). The summed E-state index contributed by atoms with van der Waals surface area (Å²) in [7, 11) is 0. The van der Waals surface area contributed by atoms with Gasteiger partial charge in [0.15, 0.2) is 0 Å². The van der Waals surface area contributed by atoms with Crippen molar-refractivity contribution in [2.45, 2.75) is 26.2 Å². The van der Waals surface area contributed by atoms with Gasteiger partial charge < -0.3 is 26.2 Å². The Hall–Kier alpha value is -3.88. The van der Waals surface area contributed by atoms with E-state index in [0.29, 0.717) is 5.56 Å². The zero-order valence-corrected chi connectivity index (χ0v) is 16.0. The maximum absolute atomic E-state index is 10.9. The van der Waals surface area contributed by atoms with Crippen LogP contribution < -0.4 is 5.73 Å². The highest BCUT2D eigenvalue weighted by atomic mass is 16.4. The molecule has 0 radical (unpaired) electrons. The molecule has 0 aromatic heterocycles. The summed E-state index contributed by atoms with van der Waals surface area (Å²) in [5, 5.41) is 34.9. The minimum atomic E-state index is -1.20. The molecule has 0 aliphatic rings. The first-order valence-electron chi connectivity index (χ1n) is 8.21. The molecule has 6 N–H and O–H groups in total. The van der Waals surface area contributed by atoms with E-state index in [1.54, 1.807) is 0 Å². The molecule has 9 heteroatoms. The third-order valence-electron chi connectivity index (χ3n) is 3.74. The zero-order valence-electron chi connectivity index (χ0n) is 16.0. The van der Waals surface area contributed by atoms with Gasteiger partial charge in [-0.1, -0.05) is 20.8 Å². The van der Waals surface area contributed by atoms with Crippen LogP contribution in [-0.4, -0.2) is 44.3 Å². The molecule has 29 heavy (non-hydrogen) atoms. The summed E-state index contributed by atoms with van der Waals surface area (Å²) in [6.07, 6.45) is 0. The third kappa shape index (κ3) is 6.65. The van der Waals surface area contributed by atoms with Crippen LogP contribution in [0, 0.1) is 0 Å². The van der Waals surface area contributed by atoms with Crippen molar-refractivity contribution in [1.82, 2.24) is 0 Å². The lowest BCUT2D eigenvalue weighted by molar-refractivity contribution is 0.0676. The van der Waals surface area contributed by atoms with Crippen LogP contribution in [0.4, 0.5) is 5.69 Å². The fourth-order valence-corrected chi connectivity index (χ4v) is 2.21. The SMILES string of the molecule is CC(C)(C)c1cc(C(=O)O)cc(C(=O)O)c1.Nc1cc(C(=O)O)cc(C(=O)O)c1. The van der Waals surface area contributed by atoms with Gasteiger partial charge in [0.1, 0.15) is 0 Å². The quantitative estimate of drug-likeness (QED) is 0.480. The Kier molecular flexibility index (Phi) is 7.09. The fraction of sp³-hybridized carbons (Fsp3) is 0.200. The molecule has 2 aromatic carbocycles. The van der Waals surface area contributed by atoms with Crippen LogP contribution in [-0.2, 0) is 5.41 Å². The van der Waals surface area contributed by atoms with Crippen molar-refractivity contribution in [2.24, 2.45) is 0 Å². The van der Waals surface area contributed by atoms with E-state index in [1.165, 1.54) is 30.3 Å². The molecule has 0 bridgehead atoms. The molecule has 9 nitrogen and oxygen atoms in total. The Bertz CT molecular complexity index is 908. The fourth-order valence-electron chi connectivity index (χ4n) is 2.21. The number of hydrogen-bond acceptors (Lipinski definition) is 5. The van der Waals surface area contributed by atoms with Gasteiger partial charge in [-0.05, 0) is 47.4 Å². The van der Waals surface area contributed by atoms with Crippen LogP contribution >= 0.6 is 0 Å². The molecule has 0 saturated carbocycles. The predicted molar refractivity (Wildman–Crippen MR) is 104 cm³/mol. The zero-order chi connectivity index (χ0) is 22.5. The van der Waals surface area contributed by atoms with Crippen LogP contribution in [0.3, 0.4) is 0 Å². The van der Waals surface area contributed by atoms with E-state index < -0.39 is 23.9 Å². The molecular formula is C20H21NO8. The minimum Gasteiger partial charge on any atom is -0.478 e. The van der Waals surface area contributed by atoms with E-state index in [1.807, 2.05) is 20.8 Å². The van der Waals surface area contributed by atoms with E-state index in [9.17, 15) is 19.2 Å². The summed E-state index contributed by atoms with van der Waals surface area (Å²) >= 11 is 0. The second-order valence-electron chi connectivity index (χ2n) is 7.11. The van der Waals surface area contributed by atoms with E-state index >= 15 is 0 Å². The van der Waals surface area contributed by atoms with Crippen LogP contribution in [0.25, 0.3) is 0 Å². The largest absolute Gasteiger partial charge is 0.478 e. The Morgan fingerprint density at radius 3 is 1.14 bits per heavy atom. The average molecular weight is 403 g/mol. The van der Waals surface area contributed by atoms with Crippen LogP contribution in [0.15, 0.2) is 36.4 Å². The Morgan fingerprint density at radius 2 is 0.897 bits per heavy atom. The highest BCUT2D eigenvalue weighted by molar-refractivity contribution is 5.95. The van der Waals surface area contributed by atoms with Gasteiger partial charge in [0.2, 0.25) is 0 Å². The summed E-state index contributed by atoms with van der Waals surface area (Å²) in [5.74, 6) is -4.63. The molecule has 0 aliphatic carbocycles. The van der Waals surface area contributed by atoms with Crippen molar-refractivity contribution < 1.29 is 39.6 Å². The summed E-state index contributed by atoms with van der Waals surface area (Å²) in [4.78, 5) is 42.7. The number of hydrogen-bond donors (Lipinski definition) is 5. The van der Waals surface area contributed by atoms with Crippen molar-refractivity contribution in [3.05, 3.63) is 64.2 Å². The van der Waals surface area contributed by atoms with E-state index in [0.717, 1.165) is 6.07 Å². The number of nitrogen functional groups attached to an aromatic ring is 1. The summed E-state index contributed by atoms with van der Waals surface area (Å²) in [6.45, 7) is 5.71. The van der Waals surface area contributed by atoms with Gasteiger partial charge >= 0.3 is 23.9 Å². The lowest BCUT2D eigenvalue weighted by Gasteiger charge is -2.20. The molecule has 0 fully saturated rings. The lowest BCUT2D eigenvalue weighted by Crippen LogP contribution is -2.14. The number of rotatable bonds is 4. The summed E-state index contributed by atoms with van der Waals surface area (Å²) < 4.78 is 0. The van der Waals surface area contributed by atoms with Crippen molar-refractivity contribution in [1.29, 1.82) is 0 Å². The number of benzene rings is 2. The van der Waals surface area contributed by atoms with Crippen LogP contribution in [0.5, 0.6) is 0 Å². The molecule has 154 valence electrons. The Balaban J connectivity index is 0.000000296. The normalized spacial score (nSPS) is 10.4. The topological polar surface area (TPSA) is 175 Å². The number of aromatic carboxylic acids is 4. The maximum atomic E-state index is 10.9. The molecule has 0 heterocycles. The molecule has 2 aromatic rings. The van der Waals surface area contributed by atoms with Gasteiger partial charge in [-0.2, -0.15) is 0 Å². The molecule has 0 saturated heterocycles. The number of anilines is 1. The van der Waals surface area contributed by atoms with Gasteiger partial charge in [0, 0.05) is 5.69 Å². The maximum Gasteiger partial charge on any atom is 0.335 e. The third-order valence-corrected chi connectivity index (χ3v) is 3.74. The first-order valence-corrected chi connectivity index (χ1v) is 8.21. The van der Waals surface area contributed by atoms with Crippen LogP contribution in [0.2, 0.25) is 0 Å². The second-order valence-corrected chi connectivity index (χ2v) is 7.11. The number of carboxylic acid groups (broad SMARTS) is 4. The summed E-state index contributed by atoms with van der Waals surface area (Å²) in [5.41, 5.74) is 5.60. The molecule has 0 spiro atoms. The predicted octanol–water partition coefficient (Wildman–Crippen LogP) is 3.05. The van der Waals surface area contributed by atoms with Gasteiger partial charge in [0.25, 0.3) is 0 Å². The van der Waals surface area contributed by atoms with E-state index in [4.69, 9.17) is 26.2 Å². The molecule has 0 aliphatic heterocycles. The molecular weight excluding hydrogens is 382 g/mol. The molecule has 0 atom stereocenters. The first-order chi connectivity index (χ1) is 13.2. The average Bonchev–Trinajstić information content (AvgIpc) is 2.60. The number of carboxylic acids is 4.